The Hall–Kier alpha value is -1.85. The Balaban J connectivity index is 2.00. The second-order valence-corrected chi connectivity index (χ2v) is 5.66. The zero-order chi connectivity index (χ0) is 14.7. The molecule has 1 N–H and O–H groups in total. The summed E-state index contributed by atoms with van der Waals surface area (Å²) in [5.74, 6) is 0.458. The van der Waals surface area contributed by atoms with Crippen molar-refractivity contribution in [2.75, 3.05) is 0 Å². The zero-order valence-corrected chi connectivity index (χ0v) is 12.0. The third kappa shape index (κ3) is 3.37. The molecule has 1 heterocycles. The standard InChI is InChI=1S/C14H21N3O3/c1-10-4-3-5-11(8-10)15-12(18)9-17-7-6-13(19)16(2)14(17)20/h6-7,10-11H,3-5,8-9H2,1-2H3,(H,15,18). The van der Waals surface area contributed by atoms with E-state index < -0.39 is 5.69 Å². The summed E-state index contributed by atoms with van der Waals surface area (Å²) in [6, 6.07) is 1.49. The van der Waals surface area contributed by atoms with Crippen molar-refractivity contribution in [2.45, 2.75) is 45.2 Å². The van der Waals surface area contributed by atoms with Gasteiger partial charge < -0.3 is 5.32 Å². The maximum absolute atomic E-state index is 12.0. The van der Waals surface area contributed by atoms with Crippen LogP contribution in [-0.4, -0.2) is 21.1 Å². The highest BCUT2D eigenvalue weighted by Gasteiger charge is 2.20. The van der Waals surface area contributed by atoms with Gasteiger partial charge >= 0.3 is 5.69 Å². The van der Waals surface area contributed by atoms with Crippen LogP contribution in [0, 0.1) is 5.92 Å². The van der Waals surface area contributed by atoms with Crippen molar-refractivity contribution in [3.8, 4) is 0 Å². The smallest absolute Gasteiger partial charge is 0.331 e. The molecule has 0 aromatic carbocycles. The third-order valence-electron chi connectivity index (χ3n) is 3.88. The Bertz CT molecular complexity index is 602. The fourth-order valence-corrected chi connectivity index (χ4v) is 2.73. The number of carbonyl (C=O) groups excluding carboxylic acids is 1. The molecule has 20 heavy (non-hydrogen) atoms. The van der Waals surface area contributed by atoms with Crippen molar-refractivity contribution in [1.29, 1.82) is 0 Å². The number of carbonyl (C=O) groups is 1. The van der Waals surface area contributed by atoms with Crippen LogP contribution >= 0.6 is 0 Å². The van der Waals surface area contributed by atoms with Crippen LogP contribution in [0.3, 0.4) is 0 Å². The molecule has 0 aliphatic heterocycles. The van der Waals surface area contributed by atoms with Gasteiger partial charge in [-0.1, -0.05) is 19.8 Å². The van der Waals surface area contributed by atoms with E-state index in [1.54, 1.807) is 0 Å². The normalized spacial score (nSPS) is 22.5. The predicted octanol–water partition coefficient (Wildman–Crippen LogP) is 0.242. The molecule has 2 unspecified atom stereocenters. The summed E-state index contributed by atoms with van der Waals surface area (Å²) < 4.78 is 2.25. The molecule has 1 fully saturated rings. The summed E-state index contributed by atoms with van der Waals surface area (Å²) in [5.41, 5.74) is -0.836. The van der Waals surface area contributed by atoms with E-state index >= 15 is 0 Å². The first-order valence-electron chi connectivity index (χ1n) is 7.03. The number of aromatic nitrogens is 2. The molecule has 1 amide bonds. The summed E-state index contributed by atoms with van der Waals surface area (Å²) in [7, 11) is 1.40. The molecule has 1 aliphatic rings. The fourth-order valence-electron chi connectivity index (χ4n) is 2.73. The summed E-state index contributed by atoms with van der Waals surface area (Å²) in [6.45, 7) is 2.15. The predicted molar refractivity (Wildman–Crippen MR) is 75.5 cm³/mol. The Morgan fingerprint density at radius 2 is 2.15 bits per heavy atom. The second kappa shape index (κ2) is 6.07. The van der Waals surface area contributed by atoms with Crippen LogP contribution in [0.1, 0.15) is 32.6 Å². The van der Waals surface area contributed by atoms with Gasteiger partial charge in [0.15, 0.2) is 0 Å². The minimum absolute atomic E-state index is 0.0438. The first-order valence-corrected chi connectivity index (χ1v) is 7.03. The van der Waals surface area contributed by atoms with Crippen LogP contribution in [0.15, 0.2) is 21.9 Å². The molecule has 0 radical (unpaired) electrons. The minimum atomic E-state index is -0.468. The lowest BCUT2D eigenvalue weighted by atomic mass is 9.87. The molecule has 6 heteroatoms. The van der Waals surface area contributed by atoms with Gasteiger partial charge in [-0.05, 0) is 18.8 Å². The lowest BCUT2D eigenvalue weighted by Gasteiger charge is -2.27. The highest BCUT2D eigenvalue weighted by molar-refractivity contribution is 5.76. The average Bonchev–Trinajstić information content (AvgIpc) is 2.39. The largest absolute Gasteiger partial charge is 0.352 e. The second-order valence-electron chi connectivity index (χ2n) is 5.66. The van der Waals surface area contributed by atoms with Crippen molar-refractivity contribution in [1.82, 2.24) is 14.5 Å². The van der Waals surface area contributed by atoms with Crippen LogP contribution in [0.25, 0.3) is 0 Å². The van der Waals surface area contributed by atoms with E-state index in [4.69, 9.17) is 0 Å². The Morgan fingerprint density at radius 1 is 1.40 bits per heavy atom. The molecular weight excluding hydrogens is 258 g/mol. The average molecular weight is 279 g/mol. The highest BCUT2D eigenvalue weighted by atomic mass is 16.2. The van der Waals surface area contributed by atoms with Gasteiger partial charge in [0.1, 0.15) is 6.54 Å². The Kier molecular flexibility index (Phi) is 4.42. The van der Waals surface area contributed by atoms with Gasteiger partial charge in [0.2, 0.25) is 5.91 Å². The third-order valence-corrected chi connectivity index (χ3v) is 3.88. The summed E-state index contributed by atoms with van der Waals surface area (Å²) in [6.07, 6.45) is 5.71. The first kappa shape index (κ1) is 14.6. The van der Waals surface area contributed by atoms with Gasteiger partial charge in [-0.15, -0.1) is 0 Å². The molecule has 0 saturated heterocycles. The van der Waals surface area contributed by atoms with Crippen LogP contribution in [0.2, 0.25) is 0 Å². The van der Waals surface area contributed by atoms with Crippen LogP contribution in [-0.2, 0) is 18.4 Å². The van der Waals surface area contributed by atoms with Crippen molar-refractivity contribution < 1.29 is 4.79 Å². The Labute approximate surface area is 117 Å². The van der Waals surface area contributed by atoms with E-state index in [2.05, 4.69) is 12.2 Å². The fraction of sp³-hybridized carbons (Fsp3) is 0.643. The number of amides is 1. The maximum atomic E-state index is 12.0. The highest BCUT2D eigenvalue weighted by Crippen LogP contribution is 2.23. The number of hydrogen-bond acceptors (Lipinski definition) is 3. The summed E-state index contributed by atoms with van der Waals surface area (Å²) >= 11 is 0. The molecule has 1 aliphatic carbocycles. The Morgan fingerprint density at radius 3 is 2.85 bits per heavy atom. The number of nitrogens with one attached hydrogen (secondary N) is 1. The summed E-state index contributed by atoms with van der Waals surface area (Å²) in [4.78, 5) is 35.1. The maximum Gasteiger partial charge on any atom is 0.331 e. The van der Waals surface area contributed by atoms with Gasteiger partial charge in [-0.3, -0.25) is 18.7 Å². The molecular formula is C14H21N3O3. The van der Waals surface area contributed by atoms with E-state index in [9.17, 15) is 14.4 Å². The van der Waals surface area contributed by atoms with Gasteiger partial charge in [0.05, 0.1) is 0 Å². The topological polar surface area (TPSA) is 73.1 Å². The van der Waals surface area contributed by atoms with Crippen molar-refractivity contribution in [3.05, 3.63) is 33.1 Å². The van der Waals surface area contributed by atoms with Crippen molar-refractivity contribution >= 4 is 5.91 Å². The van der Waals surface area contributed by atoms with Gasteiger partial charge in [0.25, 0.3) is 5.56 Å². The van der Waals surface area contributed by atoms with E-state index in [0.717, 1.165) is 23.8 Å². The quantitative estimate of drug-likeness (QED) is 0.861. The van der Waals surface area contributed by atoms with E-state index in [1.807, 2.05) is 0 Å². The van der Waals surface area contributed by atoms with Gasteiger partial charge in [-0.2, -0.15) is 0 Å². The van der Waals surface area contributed by atoms with Crippen molar-refractivity contribution in [3.63, 3.8) is 0 Å². The van der Waals surface area contributed by atoms with Crippen LogP contribution in [0.5, 0.6) is 0 Å². The van der Waals surface area contributed by atoms with Gasteiger partial charge in [0, 0.05) is 25.4 Å². The molecule has 2 rings (SSSR count). The molecule has 1 aromatic rings. The van der Waals surface area contributed by atoms with E-state index in [-0.39, 0.29) is 24.1 Å². The molecule has 0 spiro atoms. The monoisotopic (exact) mass is 279 g/mol. The van der Waals surface area contributed by atoms with Crippen molar-refractivity contribution in [2.24, 2.45) is 13.0 Å². The lowest BCUT2D eigenvalue weighted by molar-refractivity contribution is -0.122. The molecule has 1 saturated carbocycles. The molecule has 110 valence electrons. The van der Waals surface area contributed by atoms with E-state index in [0.29, 0.717) is 5.92 Å². The minimum Gasteiger partial charge on any atom is -0.352 e. The van der Waals surface area contributed by atoms with Crippen LogP contribution in [0.4, 0.5) is 0 Å². The van der Waals surface area contributed by atoms with Gasteiger partial charge in [-0.25, -0.2) is 4.79 Å². The number of hydrogen-bond donors (Lipinski definition) is 1. The summed E-state index contributed by atoms with van der Waals surface area (Å²) in [5, 5.41) is 2.97. The number of rotatable bonds is 3. The molecule has 1 aromatic heterocycles. The van der Waals surface area contributed by atoms with Crippen LogP contribution < -0.4 is 16.6 Å². The molecule has 2 atom stereocenters. The first-order chi connectivity index (χ1) is 9.47. The number of nitrogens with zero attached hydrogens (tertiary/aromatic N) is 2. The zero-order valence-electron chi connectivity index (χ0n) is 12.0. The molecule has 0 bridgehead atoms. The molecule has 6 nitrogen and oxygen atoms in total. The SMILES string of the molecule is CC1CCCC(NC(=O)Cn2ccc(=O)n(C)c2=O)C1. The van der Waals surface area contributed by atoms with E-state index in [1.165, 1.54) is 30.3 Å². The lowest BCUT2D eigenvalue weighted by Crippen LogP contribution is -2.43.